The summed E-state index contributed by atoms with van der Waals surface area (Å²) in [4.78, 5) is 0. The lowest BCUT2D eigenvalue weighted by molar-refractivity contribution is 0.627. The summed E-state index contributed by atoms with van der Waals surface area (Å²) >= 11 is 16.8. The highest BCUT2D eigenvalue weighted by molar-refractivity contribution is 8.78. The van der Waals surface area contributed by atoms with Crippen molar-refractivity contribution >= 4 is 56.4 Å². The number of halogens is 3. The highest BCUT2D eigenvalue weighted by atomic mass is 35.6. The summed E-state index contributed by atoms with van der Waals surface area (Å²) < 4.78 is -1.16. The van der Waals surface area contributed by atoms with Crippen LogP contribution >= 0.6 is 56.4 Å². The van der Waals surface area contributed by atoms with Crippen molar-refractivity contribution in [1.29, 1.82) is 0 Å². The molecular weight excluding hydrogens is 279 g/mol. The number of rotatable bonds is 8. The van der Waals surface area contributed by atoms with Crippen LogP contribution in [0.4, 0.5) is 0 Å². The quantitative estimate of drug-likeness (QED) is 0.303. The molecule has 0 aliphatic heterocycles. The Kier molecular flexibility index (Phi) is 10.9. The minimum atomic E-state index is -1.16. The Morgan fingerprint density at radius 1 is 0.929 bits per heavy atom. The molecule has 0 fully saturated rings. The molecule has 0 saturated carbocycles. The van der Waals surface area contributed by atoms with Crippen molar-refractivity contribution in [3.05, 3.63) is 0 Å². The maximum atomic E-state index is 5.59. The molecule has 0 heterocycles. The van der Waals surface area contributed by atoms with Crippen molar-refractivity contribution in [1.82, 2.24) is 0 Å². The van der Waals surface area contributed by atoms with Gasteiger partial charge in [-0.1, -0.05) is 84.6 Å². The van der Waals surface area contributed by atoms with E-state index >= 15 is 0 Å². The van der Waals surface area contributed by atoms with Gasteiger partial charge in [0.05, 0.1) is 0 Å². The topological polar surface area (TPSA) is 0 Å². The van der Waals surface area contributed by atoms with E-state index in [0.717, 1.165) is 5.75 Å². The molecule has 0 atom stereocenters. The molecule has 0 rings (SSSR count). The zero-order valence-corrected chi connectivity index (χ0v) is 12.3. The highest BCUT2D eigenvalue weighted by Crippen LogP contribution is 2.46. The molecule has 14 heavy (non-hydrogen) atoms. The Hall–Kier alpha value is 1.57. The summed E-state index contributed by atoms with van der Waals surface area (Å²) in [7, 11) is 2.96. The third-order valence-electron chi connectivity index (χ3n) is 1.73. The largest absolute Gasteiger partial charge is 0.247 e. The maximum Gasteiger partial charge on any atom is 0.247 e. The Labute approximate surface area is 110 Å². The van der Waals surface area contributed by atoms with Gasteiger partial charge in [-0.2, -0.15) is 0 Å². The maximum absolute atomic E-state index is 5.59. The molecule has 5 heteroatoms. The third-order valence-corrected chi connectivity index (χ3v) is 5.62. The summed E-state index contributed by atoms with van der Waals surface area (Å²) in [5, 5.41) is 0. The van der Waals surface area contributed by atoms with Gasteiger partial charge in [-0.15, -0.1) is 0 Å². The van der Waals surface area contributed by atoms with Gasteiger partial charge in [0.2, 0.25) is 3.12 Å². The second-order valence-corrected chi connectivity index (χ2v) is 8.70. The van der Waals surface area contributed by atoms with Crippen molar-refractivity contribution in [3.8, 4) is 0 Å². The van der Waals surface area contributed by atoms with E-state index in [1.165, 1.54) is 49.3 Å². The van der Waals surface area contributed by atoms with E-state index in [9.17, 15) is 0 Å². The zero-order valence-electron chi connectivity index (χ0n) is 8.40. The van der Waals surface area contributed by atoms with Crippen LogP contribution in [0, 0.1) is 0 Å². The molecule has 0 N–H and O–H groups in total. The fourth-order valence-corrected chi connectivity index (χ4v) is 3.80. The van der Waals surface area contributed by atoms with Gasteiger partial charge in [-0.3, -0.25) is 0 Å². The first-order valence-electron chi connectivity index (χ1n) is 4.93. The molecule has 0 unspecified atom stereocenters. The first-order valence-corrected chi connectivity index (χ1v) is 8.39. The average molecular weight is 296 g/mol. The van der Waals surface area contributed by atoms with E-state index in [4.69, 9.17) is 34.8 Å². The molecule has 0 radical (unpaired) electrons. The smallest absolute Gasteiger partial charge is 0.0899 e. The van der Waals surface area contributed by atoms with Crippen molar-refractivity contribution < 1.29 is 0 Å². The van der Waals surface area contributed by atoms with Crippen molar-refractivity contribution in [3.63, 3.8) is 0 Å². The van der Waals surface area contributed by atoms with Gasteiger partial charge in [0.25, 0.3) is 0 Å². The Balaban J connectivity index is 2.99. The third kappa shape index (κ3) is 13.6. The highest BCUT2D eigenvalue weighted by Gasteiger charge is 2.19. The fraction of sp³-hybridized carbons (Fsp3) is 1.00. The minimum Gasteiger partial charge on any atom is -0.0899 e. The molecule has 0 aromatic carbocycles. The Morgan fingerprint density at radius 2 is 1.50 bits per heavy atom. The zero-order chi connectivity index (χ0) is 10.9. The molecule has 86 valence electrons. The fourth-order valence-electron chi connectivity index (χ4n) is 1.05. The molecular formula is C9H17Cl3S2. The minimum absolute atomic E-state index is 1.07. The summed E-state index contributed by atoms with van der Waals surface area (Å²) in [6, 6.07) is 0. The van der Waals surface area contributed by atoms with E-state index in [1.807, 2.05) is 0 Å². The van der Waals surface area contributed by atoms with Gasteiger partial charge >= 0.3 is 0 Å². The van der Waals surface area contributed by atoms with Crippen LogP contribution in [0.15, 0.2) is 0 Å². The number of hydrogen-bond acceptors (Lipinski definition) is 2. The Bertz CT molecular complexity index is 126. The monoisotopic (exact) mass is 294 g/mol. The van der Waals surface area contributed by atoms with E-state index in [2.05, 4.69) is 6.92 Å². The molecule has 0 spiro atoms. The lowest BCUT2D eigenvalue weighted by atomic mass is 10.1. The lowest BCUT2D eigenvalue weighted by Crippen LogP contribution is -1.90. The predicted molar refractivity (Wildman–Crippen MR) is 73.7 cm³/mol. The van der Waals surface area contributed by atoms with Gasteiger partial charge in [0.15, 0.2) is 0 Å². The van der Waals surface area contributed by atoms with Crippen molar-refractivity contribution in [2.24, 2.45) is 0 Å². The van der Waals surface area contributed by atoms with Crippen LogP contribution in [0.5, 0.6) is 0 Å². The molecule has 0 bridgehead atoms. The molecule has 0 aromatic heterocycles. The van der Waals surface area contributed by atoms with E-state index in [-0.39, 0.29) is 0 Å². The molecule has 0 nitrogen and oxygen atoms in total. The SMILES string of the molecule is CCCCCCCCSSC(Cl)(Cl)Cl. The second-order valence-electron chi connectivity index (χ2n) is 3.12. The van der Waals surface area contributed by atoms with Crippen LogP contribution < -0.4 is 0 Å². The van der Waals surface area contributed by atoms with E-state index < -0.39 is 3.12 Å². The van der Waals surface area contributed by atoms with Gasteiger partial charge in [0.1, 0.15) is 0 Å². The summed E-state index contributed by atoms with van der Waals surface area (Å²) in [6.07, 6.45) is 7.88. The van der Waals surface area contributed by atoms with Crippen molar-refractivity contribution in [2.75, 3.05) is 5.75 Å². The molecule has 0 aromatic rings. The van der Waals surface area contributed by atoms with Crippen LogP contribution in [-0.2, 0) is 0 Å². The summed E-state index contributed by atoms with van der Waals surface area (Å²) in [5.41, 5.74) is 0. The summed E-state index contributed by atoms with van der Waals surface area (Å²) in [5.74, 6) is 1.07. The van der Waals surface area contributed by atoms with Crippen LogP contribution in [0.1, 0.15) is 45.4 Å². The van der Waals surface area contributed by atoms with Crippen LogP contribution in [0.2, 0.25) is 0 Å². The van der Waals surface area contributed by atoms with Gasteiger partial charge < -0.3 is 0 Å². The molecule has 0 aliphatic carbocycles. The Morgan fingerprint density at radius 3 is 2.07 bits per heavy atom. The van der Waals surface area contributed by atoms with Crippen molar-refractivity contribution in [2.45, 2.75) is 48.6 Å². The van der Waals surface area contributed by atoms with Crippen LogP contribution in [-0.4, -0.2) is 8.88 Å². The predicted octanol–water partition coefficient (Wildman–Crippen LogP) is 6.06. The van der Waals surface area contributed by atoms with E-state index in [0.29, 0.717) is 0 Å². The number of alkyl halides is 3. The molecule has 0 aliphatic rings. The van der Waals surface area contributed by atoms with Crippen LogP contribution in [0.25, 0.3) is 0 Å². The molecule has 0 saturated heterocycles. The normalized spacial score (nSPS) is 12.0. The van der Waals surface area contributed by atoms with E-state index in [1.54, 1.807) is 10.8 Å². The second kappa shape index (κ2) is 9.77. The van der Waals surface area contributed by atoms with Crippen LogP contribution in [0.3, 0.4) is 0 Å². The van der Waals surface area contributed by atoms with Gasteiger partial charge in [-0.05, 0) is 17.2 Å². The standard InChI is InChI=1S/C9H17Cl3S2/c1-2-3-4-5-6-7-8-13-14-9(10,11)12/h2-8H2,1H3. The summed E-state index contributed by atoms with van der Waals surface area (Å²) in [6.45, 7) is 2.23. The average Bonchev–Trinajstić information content (AvgIpc) is 2.08. The number of unbranched alkanes of at least 4 members (excludes halogenated alkanes) is 5. The van der Waals surface area contributed by atoms with Gasteiger partial charge in [-0.25, -0.2) is 0 Å². The first kappa shape index (κ1) is 15.6. The number of hydrogen-bond donors (Lipinski definition) is 0. The lowest BCUT2D eigenvalue weighted by Gasteiger charge is -2.08. The molecule has 0 amide bonds. The first-order chi connectivity index (χ1) is 6.56. The van der Waals surface area contributed by atoms with Gasteiger partial charge in [0, 0.05) is 5.75 Å².